The summed E-state index contributed by atoms with van der Waals surface area (Å²) < 4.78 is 0. The van der Waals surface area contributed by atoms with Gasteiger partial charge in [-0.05, 0) is 0 Å². The van der Waals surface area contributed by atoms with E-state index in [0.29, 0.717) is 11.8 Å². The van der Waals surface area contributed by atoms with Gasteiger partial charge in [-0.2, -0.15) is 31.8 Å². The Hall–Kier alpha value is 0.803. The van der Waals surface area contributed by atoms with Crippen LogP contribution >= 0.6 is 0 Å². The van der Waals surface area contributed by atoms with E-state index in [-0.39, 0.29) is 44.7 Å². The van der Waals surface area contributed by atoms with Crippen molar-refractivity contribution in [1.29, 1.82) is 0 Å². The number of nitrogens with zero attached hydrogens (tertiary/aromatic N) is 2. The second kappa shape index (κ2) is 9.06. The number of hydrogen-bond acceptors (Lipinski definition) is 0. The summed E-state index contributed by atoms with van der Waals surface area (Å²) >= 11 is 0. The van der Waals surface area contributed by atoms with Crippen LogP contribution < -0.4 is 0 Å². The summed E-state index contributed by atoms with van der Waals surface area (Å²) in [5.41, 5.74) is 0.211. The van der Waals surface area contributed by atoms with Gasteiger partial charge in [0.05, 0.1) is 0 Å². The first-order valence-electron chi connectivity index (χ1n) is 7.29. The monoisotopic (exact) mass is 356 g/mol. The van der Waals surface area contributed by atoms with Crippen molar-refractivity contribution in [2.45, 2.75) is 72.4 Å². The number of rotatable bonds is 4. The molecule has 3 heteroatoms. The first-order valence-corrected chi connectivity index (χ1v) is 7.29. The summed E-state index contributed by atoms with van der Waals surface area (Å²) in [7, 11) is 0. The van der Waals surface area contributed by atoms with E-state index >= 15 is 0 Å². The summed E-state index contributed by atoms with van der Waals surface area (Å²) in [5.74, 6) is 3.03. The molecule has 0 N–H and O–H groups in total. The first kappa shape index (κ1) is 23.1. The maximum absolute atomic E-state index is 4.78. The molecule has 0 radical (unpaired) electrons. The molecule has 0 aromatic rings. The van der Waals surface area contributed by atoms with E-state index in [9.17, 15) is 0 Å². The molecule has 1 saturated carbocycles. The average molecular weight is 358 g/mol. The molecule has 1 aliphatic carbocycles. The van der Waals surface area contributed by atoms with Crippen LogP contribution in [0, 0.1) is 25.2 Å². The molecule has 0 heterocycles. The van der Waals surface area contributed by atoms with Crippen LogP contribution in [0.25, 0.3) is 10.6 Å². The SMILES string of the molecule is C[C-]1C(C[N-]C(C)(C)C)CCC1C[N-]C(C)(C)C.[CH3-].[Zr+4]. The number of hydrogen-bond donors (Lipinski definition) is 0. The molecule has 20 heavy (non-hydrogen) atoms. The van der Waals surface area contributed by atoms with Crippen molar-refractivity contribution < 1.29 is 26.2 Å². The minimum Gasteiger partial charge on any atom is -0.659 e. The largest absolute Gasteiger partial charge is 4.00 e. The molecule has 0 amide bonds. The minimum absolute atomic E-state index is 0. The Morgan fingerprint density at radius 3 is 1.40 bits per heavy atom. The maximum Gasteiger partial charge on any atom is 4.00 e. The van der Waals surface area contributed by atoms with Crippen LogP contribution in [0.5, 0.6) is 0 Å². The fourth-order valence-corrected chi connectivity index (χ4v) is 2.43. The van der Waals surface area contributed by atoms with Gasteiger partial charge in [-0.15, -0.1) is 11.1 Å². The maximum atomic E-state index is 4.78. The van der Waals surface area contributed by atoms with E-state index < -0.39 is 0 Å². The van der Waals surface area contributed by atoms with Gasteiger partial charge in [0.2, 0.25) is 0 Å². The van der Waals surface area contributed by atoms with Crippen LogP contribution in [-0.4, -0.2) is 24.2 Å². The zero-order valence-electron chi connectivity index (χ0n) is 14.9. The Morgan fingerprint density at radius 2 is 1.15 bits per heavy atom. The summed E-state index contributed by atoms with van der Waals surface area (Å²) in [6.45, 7) is 17.4. The van der Waals surface area contributed by atoms with Crippen molar-refractivity contribution in [1.82, 2.24) is 0 Å². The third kappa shape index (κ3) is 8.95. The predicted octanol–water partition coefficient (Wildman–Crippen LogP) is 5.40. The van der Waals surface area contributed by atoms with Gasteiger partial charge < -0.3 is 24.0 Å². The average Bonchev–Trinajstić information content (AvgIpc) is 2.51. The molecule has 0 aromatic heterocycles. The molecule has 116 valence electrons. The van der Waals surface area contributed by atoms with Crippen molar-refractivity contribution >= 4 is 0 Å². The van der Waals surface area contributed by atoms with Crippen molar-refractivity contribution in [3.05, 3.63) is 24.0 Å². The normalized spacial score (nSPS) is 24.1. The molecule has 0 spiro atoms. The van der Waals surface area contributed by atoms with Crippen LogP contribution in [-0.2, 0) is 26.2 Å². The Morgan fingerprint density at radius 1 is 0.850 bits per heavy atom. The molecule has 1 aliphatic rings. The van der Waals surface area contributed by atoms with Gasteiger partial charge in [0.1, 0.15) is 0 Å². The Bertz CT molecular complexity index is 227. The molecule has 2 atom stereocenters. The summed E-state index contributed by atoms with van der Waals surface area (Å²) in [6.07, 6.45) is 2.60. The zero-order chi connectivity index (χ0) is 14.0. The van der Waals surface area contributed by atoms with Crippen molar-refractivity contribution in [2.24, 2.45) is 11.8 Å². The second-order valence-corrected chi connectivity index (χ2v) is 7.74. The van der Waals surface area contributed by atoms with E-state index in [1.165, 1.54) is 12.8 Å². The summed E-state index contributed by atoms with van der Waals surface area (Å²) in [4.78, 5) is 0. The third-order valence-corrected chi connectivity index (χ3v) is 3.72. The molecule has 1 fully saturated rings. The quantitative estimate of drug-likeness (QED) is 0.603. The first-order chi connectivity index (χ1) is 8.08. The van der Waals surface area contributed by atoms with Crippen LogP contribution in [0.2, 0.25) is 0 Å². The molecular formula is C17H34N2Zr. The molecule has 2 unspecified atom stereocenters. The van der Waals surface area contributed by atoms with Gasteiger partial charge >= 0.3 is 26.2 Å². The van der Waals surface area contributed by atoms with Crippen LogP contribution in [0.15, 0.2) is 0 Å². The molecule has 0 bridgehead atoms. The zero-order valence-corrected chi connectivity index (χ0v) is 17.3. The van der Waals surface area contributed by atoms with Gasteiger partial charge in [0, 0.05) is 0 Å². The Labute approximate surface area is 147 Å². The van der Waals surface area contributed by atoms with E-state index in [1.54, 1.807) is 5.92 Å². The van der Waals surface area contributed by atoms with Gasteiger partial charge in [0.25, 0.3) is 0 Å². The van der Waals surface area contributed by atoms with Crippen molar-refractivity contribution in [3.8, 4) is 0 Å². The second-order valence-electron chi connectivity index (χ2n) is 7.74. The van der Waals surface area contributed by atoms with E-state index in [1.807, 2.05) is 0 Å². The standard InChI is InChI=1S/C16H31N2.CH3.Zr/c1-12-13(10-17-15(2,3)4)8-9-14(12)11-18-16(5,6)7;;/h13-14H,8-11H2,1-7H3;1H3;/q-3;-1;+4. The van der Waals surface area contributed by atoms with Crippen LogP contribution in [0.3, 0.4) is 0 Å². The molecule has 0 aliphatic heterocycles. The molecular weight excluding hydrogens is 323 g/mol. The molecule has 0 aromatic carbocycles. The van der Waals surface area contributed by atoms with Gasteiger partial charge in [-0.3, -0.25) is 0 Å². The van der Waals surface area contributed by atoms with E-state index in [4.69, 9.17) is 10.6 Å². The van der Waals surface area contributed by atoms with E-state index in [0.717, 1.165) is 13.1 Å². The Kier molecular flexibility index (Phi) is 10.4. The summed E-state index contributed by atoms with van der Waals surface area (Å²) in [5, 5.41) is 9.56. The third-order valence-electron chi connectivity index (χ3n) is 3.72. The molecule has 1 rings (SSSR count). The van der Waals surface area contributed by atoms with Gasteiger partial charge in [0.15, 0.2) is 0 Å². The molecule has 0 saturated heterocycles. The van der Waals surface area contributed by atoms with Crippen molar-refractivity contribution in [3.63, 3.8) is 0 Å². The topological polar surface area (TPSA) is 28.2 Å². The van der Waals surface area contributed by atoms with Crippen LogP contribution in [0.1, 0.15) is 61.3 Å². The minimum atomic E-state index is 0. The van der Waals surface area contributed by atoms with E-state index in [2.05, 4.69) is 48.5 Å². The fraction of sp³-hybridized carbons (Fsp3) is 0.882. The van der Waals surface area contributed by atoms with Gasteiger partial charge in [-0.25, -0.2) is 0 Å². The summed E-state index contributed by atoms with van der Waals surface area (Å²) in [6, 6.07) is 0. The molecule has 2 nitrogen and oxygen atoms in total. The van der Waals surface area contributed by atoms with Gasteiger partial charge in [-0.1, -0.05) is 54.4 Å². The Balaban J connectivity index is 0. The smallest absolute Gasteiger partial charge is 0.659 e. The predicted molar refractivity (Wildman–Crippen MR) is 87.5 cm³/mol. The van der Waals surface area contributed by atoms with Crippen LogP contribution in [0.4, 0.5) is 0 Å². The van der Waals surface area contributed by atoms with Crippen molar-refractivity contribution in [2.75, 3.05) is 13.1 Å². The fourth-order valence-electron chi connectivity index (χ4n) is 2.43.